The average Bonchev–Trinajstić information content (AvgIpc) is 3.17. The molecule has 3 aromatic heterocycles. The summed E-state index contributed by atoms with van der Waals surface area (Å²) in [5, 5.41) is 18.2. The Morgan fingerprint density at radius 3 is 2.72 bits per heavy atom. The molecule has 1 aromatic carbocycles. The van der Waals surface area contributed by atoms with Crippen molar-refractivity contribution in [1.29, 1.82) is 0 Å². The Kier molecular flexibility index (Phi) is 3.50. The Morgan fingerprint density at radius 2 is 2.00 bits per heavy atom. The minimum Gasteiger partial charge on any atom is -0.499 e. The molecule has 0 radical (unpaired) electrons. The lowest BCUT2D eigenvalue weighted by Crippen LogP contribution is -2.05. The molecule has 0 saturated heterocycles. The molecule has 4 aromatic rings. The Hall–Kier alpha value is -3.20. The van der Waals surface area contributed by atoms with Crippen molar-refractivity contribution >= 4 is 34.1 Å². The van der Waals surface area contributed by atoms with E-state index in [1.807, 2.05) is 25.1 Å². The van der Waals surface area contributed by atoms with Crippen molar-refractivity contribution in [2.24, 2.45) is 0 Å². The highest BCUT2D eigenvalue weighted by atomic mass is 32.1. The summed E-state index contributed by atoms with van der Waals surface area (Å²) in [6.45, 7) is 2.45. The van der Waals surface area contributed by atoms with Gasteiger partial charge in [-0.2, -0.15) is 4.98 Å². The van der Waals surface area contributed by atoms with Crippen molar-refractivity contribution in [2.75, 3.05) is 11.5 Å². The number of aromatic hydroxyl groups is 1. The molecule has 0 bridgehead atoms. The maximum Gasteiger partial charge on any atom is 0.222 e. The highest BCUT2D eigenvalue weighted by molar-refractivity contribution is 7.17. The molecule has 3 heterocycles. The van der Waals surface area contributed by atoms with E-state index >= 15 is 0 Å². The first-order chi connectivity index (χ1) is 12.0. The molecule has 4 rings (SSSR count). The second-order valence-electron chi connectivity index (χ2n) is 5.68. The Bertz CT molecular complexity index is 1090. The van der Waals surface area contributed by atoms with E-state index in [1.54, 1.807) is 16.8 Å². The molecule has 9 heteroatoms. The number of thiophene rings is 1. The van der Waals surface area contributed by atoms with Gasteiger partial charge in [0.15, 0.2) is 16.2 Å². The normalized spacial score (nSPS) is 11.2. The van der Waals surface area contributed by atoms with Gasteiger partial charge in [-0.1, -0.05) is 28.7 Å². The van der Waals surface area contributed by atoms with Crippen LogP contribution in [0.3, 0.4) is 0 Å². The average molecular weight is 353 g/mol. The number of hydrogen-bond donors (Lipinski definition) is 3. The van der Waals surface area contributed by atoms with Gasteiger partial charge >= 0.3 is 0 Å². The summed E-state index contributed by atoms with van der Waals surface area (Å²) in [5.41, 5.74) is 16.2. The minimum absolute atomic E-state index is 0.132. The fourth-order valence-electron chi connectivity index (χ4n) is 2.62. The van der Waals surface area contributed by atoms with Crippen LogP contribution >= 0.6 is 11.3 Å². The molecule has 0 unspecified atom stereocenters. The van der Waals surface area contributed by atoms with Crippen molar-refractivity contribution in [2.45, 2.75) is 13.5 Å². The third kappa shape index (κ3) is 2.74. The van der Waals surface area contributed by atoms with E-state index in [0.717, 1.165) is 21.7 Å². The molecule has 0 fully saturated rings. The van der Waals surface area contributed by atoms with Crippen molar-refractivity contribution in [3.05, 3.63) is 41.5 Å². The van der Waals surface area contributed by atoms with Crippen molar-refractivity contribution < 1.29 is 5.11 Å². The molecule has 0 atom stereocenters. The zero-order valence-corrected chi connectivity index (χ0v) is 14.2. The van der Waals surface area contributed by atoms with Crippen LogP contribution in [-0.2, 0) is 6.54 Å². The summed E-state index contributed by atoms with van der Waals surface area (Å²) in [6.07, 6.45) is 0. The smallest absolute Gasteiger partial charge is 0.222 e. The van der Waals surface area contributed by atoms with Crippen LogP contribution in [0, 0.1) is 6.92 Å². The third-order valence-electron chi connectivity index (χ3n) is 3.87. The zero-order chi connectivity index (χ0) is 17.6. The van der Waals surface area contributed by atoms with Crippen molar-refractivity contribution in [3.63, 3.8) is 0 Å². The van der Waals surface area contributed by atoms with Crippen molar-refractivity contribution in [3.8, 4) is 15.6 Å². The van der Waals surface area contributed by atoms with Crippen LogP contribution in [0.2, 0.25) is 0 Å². The van der Waals surface area contributed by atoms with Gasteiger partial charge in [-0.05, 0) is 36.2 Å². The van der Waals surface area contributed by atoms with E-state index in [9.17, 15) is 5.11 Å². The zero-order valence-electron chi connectivity index (χ0n) is 13.3. The number of benzene rings is 1. The highest BCUT2D eigenvalue weighted by Crippen LogP contribution is 2.34. The summed E-state index contributed by atoms with van der Waals surface area (Å²) in [7, 11) is 0. The molecule has 0 saturated carbocycles. The van der Waals surface area contributed by atoms with Gasteiger partial charge in [-0.3, -0.25) is 0 Å². The predicted octanol–water partition coefficient (Wildman–Crippen LogP) is 2.18. The van der Waals surface area contributed by atoms with Crippen LogP contribution in [-0.4, -0.2) is 30.1 Å². The van der Waals surface area contributed by atoms with Crippen LogP contribution < -0.4 is 11.5 Å². The van der Waals surface area contributed by atoms with Gasteiger partial charge in [0, 0.05) is 5.69 Å². The van der Waals surface area contributed by atoms with Crippen LogP contribution in [0.5, 0.6) is 5.06 Å². The maximum atomic E-state index is 9.60. The lowest BCUT2D eigenvalue weighted by Gasteiger charge is -2.06. The summed E-state index contributed by atoms with van der Waals surface area (Å²) in [6, 6.07) is 9.19. The molecule has 126 valence electrons. The number of anilines is 2. The van der Waals surface area contributed by atoms with E-state index in [0.29, 0.717) is 23.4 Å². The lowest BCUT2D eigenvalue weighted by molar-refractivity contribution is 0.491. The van der Waals surface area contributed by atoms with Gasteiger partial charge in [-0.25, -0.2) is 9.67 Å². The van der Waals surface area contributed by atoms with Gasteiger partial charge < -0.3 is 16.6 Å². The van der Waals surface area contributed by atoms with Crippen LogP contribution in [0.4, 0.5) is 11.6 Å². The van der Waals surface area contributed by atoms with Crippen LogP contribution in [0.15, 0.2) is 30.3 Å². The number of fused-ring (bicyclic) bond motifs is 1. The summed E-state index contributed by atoms with van der Waals surface area (Å²) >= 11 is 1.20. The molecule has 5 N–H and O–H groups in total. The predicted molar refractivity (Wildman–Crippen MR) is 97.2 cm³/mol. The lowest BCUT2D eigenvalue weighted by atomic mass is 10.1. The first-order valence-electron chi connectivity index (χ1n) is 7.52. The van der Waals surface area contributed by atoms with Gasteiger partial charge in [-0.15, -0.1) is 5.10 Å². The van der Waals surface area contributed by atoms with Crippen LogP contribution in [0.25, 0.3) is 21.7 Å². The first-order valence-corrected chi connectivity index (χ1v) is 8.34. The number of hydrogen-bond acceptors (Lipinski definition) is 8. The van der Waals surface area contributed by atoms with Crippen LogP contribution in [0.1, 0.15) is 11.1 Å². The molecule has 0 spiro atoms. The number of nitrogen functional groups attached to an aromatic ring is 2. The Balaban J connectivity index is 1.81. The largest absolute Gasteiger partial charge is 0.499 e. The number of nitrogens with zero attached hydrogens (tertiary/aromatic N) is 5. The summed E-state index contributed by atoms with van der Waals surface area (Å²) in [5.74, 6) is 0.132. The van der Waals surface area contributed by atoms with Gasteiger partial charge in [0.05, 0.1) is 11.4 Å². The van der Waals surface area contributed by atoms with E-state index in [2.05, 4.69) is 20.3 Å². The quantitative estimate of drug-likeness (QED) is 0.481. The molecular weight excluding hydrogens is 338 g/mol. The van der Waals surface area contributed by atoms with Gasteiger partial charge in [0.25, 0.3) is 0 Å². The SMILES string of the molecule is Cc1cc(Cn2nnc3c(-c4ccc(O)s4)nc(N)nc32)ccc1N. The number of nitrogens with two attached hydrogens (primary N) is 2. The molecular formula is C16H15N7OS. The molecule has 0 aliphatic rings. The fraction of sp³-hybridized carbons (Fsp3) is 0.125. The fourth-order valence-corrected chi connectivity index (χ4v) is 3.35. The molecule has 0 amide bonds. The molecule has 0 aliphatic carbocycles. The topological polar surface area (TPSA) is 129 Å². The standard InChI is InChI=1S/C16H15N7OS/c1-8-6-9(2-3-10(8)17)7-23-15-14(21-22-23)13(19-16(18)20-15)11-4-5-12(24)25-11/h2-6,24H,7,17H2,1H3,(H2,18,19,20). The van der Waals surface area contributed by atoms with Gasteiger partial charge in [0.1, 0.15) is 5.69 Å². The van der Waals surface area contributed by atoms with E-state index < -0.39 is 0 Å². The molecule has 25 heavy (non-hydrogen) atoms. The number of aryl methyl sites for hydroxylation is 1. The third-order valence-corrected chi connectivity index (χ3v) is 4.77. The monoisotopic (exact) mass is 353 g/mol. The van der Waals surface area contributed by atoms with Gasteiger partial charge in [0.2, 0.25) is 5.95 Å². The second-order valence-corrected chi connectivity index (χ2v) is 6.74. The number of rotatable bonds is 3. The van der Waals surface area contributed by atoms with E-state index in [4.69, 9.17) is 11.5 Å². The minimum atomic E-state index is 0.132. The first kappa shape index (κ1) is 15.3. The molecule has 8 nitrogen and oxygen atoms in total. The second kappa shape index (κ2) is 5.71. The van der Waals surface area contributed by atoms with Crippen molar-refractivity contribution in [1.82, 2.24) is 25.0 Å². The highest BCUT2D eigenvalue weighted by Gasteiger charge is 2.17. The number of aromatic nitrogens is 5. The van der Waals surface area contributed by atoms with E-state index in [-0.39, 0.29) is 11.0 Å². The summed E-state index contributed by atoms with van der Waals surface area (Å²) < 4.78 is 1.68. The summed E-state index contributed by atoms with van der Waals surface area (Å²) in [4.78, 5) is 9.31. The maximum absolute atomic E-state index is 9.60. The molecule has 0 aliphatic heterocycles. The Morgan fingerprint density at radius 1 is 1.16 bits per heavy atom. The Labute approximate surface area is 146 Å². The van der Waals surface area contributed by atoms with E-state index in [1.165, 1.54) is 11.3 Å².